The number of carbonyl (C=O) groups is 1. The van der Waals surface area contributed by atoms with Crippen LogP contribution in [0.4, 0.5) is 10.1 Å². The highest BCUT2D eigenvalue weighted by atomic mass is 35.5. The van der Waals surface area contributed by atoms with Crippen molar-refractivity contribution < 1.29 is 9.18 Å². The van der Waals surface area contributed by atoms with Crippen molar-refractivity contribution in [3.05, 3.63) is 62.8 Å². The summed E-state index contributed by atoms with van der Waals surface area (Å²) in [6, 6.07) is 9.44. The Morgan fingerprint density at radius 2 is 1.83 bits per heavy atom. The molecule has 0 aliphatic carbocycles. The molecule has 2 rings (SSSR count). The summed E-state index contributed by atoms with van der Waals surface area (Å²) in [7, 11) is 0. The van der Waals surface area contributed by atoms with Crippen molar-refractivity contribution in [2.24, 2.45) is 0 Å². The fraction of sp³-hybridized carbons (Fsp3) is 0.188. The van der Waals surface area contributed by atoms with Crippen LogP contribution in [0.15, 0.2) is 36.4 Å². The molecular weight excluding hydrogens is 362 g/mol. The van der Waals surface area contributed by atoms with E-state index in [-0.39, 0.29) is 17.5 Å². The van der Waals surface area contributed by atoms with Crippen LogP contribution in [0.5, 0.6) is 0 Å². The van der Waals surface area contributed by atoms with Gasteiger partial charge < -0.3 is 10.6 Å². The monoisotopic (exact) mass is 374 g/mol. The molecule has 23 heavy (non-hydrogen) atoms. The zero-order chi connectivity index (χ0) is 16.8. The van der Waals surface area contributed by atoms with E-state index in [1.807, 2.05) is 6.07 Å². The third kappa shape index (κ3) is 5.57. The maximum atomic E-state index is 13.0. The number of benzene rings is 2. The van der Waals surface area contributed by atoms with Crippen molar-refractivity contribution in [3.63, 3.8) is 0 Å². The van der Waals surface area contributed by atoms with Crippen molar-refractivity contribution >= 4 is 46.4 Å². The first-order valence-corrected chi connectivity index (χ1v) is 7.98. The van der Waals surface area contributed by atoms with Gasteiger partial charge in [0.25, 0.3) is 0 Å². The van der Waals surface area contributed by atoms with E-state index in [1.54, 1.807) is 12.1 Å². The predicted molar refractivity (Wildman–Crippen MR) is 93.1 cm³/mol. The fourth-order valence-electron chi connectivity index (χ4n) is 1.91. The molecule has 0 aromatic heterocycles. The number of anilines is 1. The number of nitrogens with one attached hydrogen (secondary N) is 2. The van der Waals surface area contributed by atoms with Crippen LogP contribution in [-0.2, 0) is 11.2 Å². The lowest BCUT2D eigenvalue weighted by Gasteiger charge is -2.09. The maximum Gasteiger partial charge on any atom is 0.239 e. The molecule has 2 aromatic rings. The molecule has 2 aromatic carbocycles. The topological polar surface area (TPSA) is 41.1 Å². The average molecular weight is 376 g/mol. The summed E-state index contributed by atoms with van der Waals surface area (Å²) in [6.07, 6.45) is 0.601. The van der Waals surface area contributed by atoms with Gasteiger partial charge in [-0.25, -0.2) is 4.39 Å². The van der Waals surface area contributed by atoms with Crippen LogP contribution in [0.1, 0.15) is 5.56 Å². The Balaban J connectivity index is 1.75. The fourth-order valence-corrected chi connectivity index (χ4v) is 2.60. The molecule has 0 heterocycles. The SMILES string of the molecule is O=C(CNc1ccc(F)c(Cl)c1)NCCc1ccc(Cl)cc1Cl. The van der Waals surface area contributed by atoms with Crippen LogP contribution in [0.3, 0.4) is 0 Å². The average Bonchev–Trinajstić information content (AvgIpc) is 2.50. The van der Waals surface area contributed by atoms with Gasteiger partial charge in [0.05, 0.1) is 11.6 Å². The summed E-state index contributed by atoms with van der Waals surface area (Å²) in [5, 5.41) is 6.80. The Morgan fingerprint density at radius 1 is 1.04 bits per heavy atom. The first kappa shape index (κ1) is 17.9. The van der Waals surface area contributed by atoms with Crippen molar-refractivity contribution in [1.29, 1.82) is 0 Å². The first-order valence-electron chi connectivity index (χ1n) is 6.85. The van der Waals surface area contributed by atoms with E-state index in [9.17, 15) is 9.18 Å². The third-order valence-corrected chi connectivity index (χ3v) is 3.98. The van der Waals surface area contributed by atoms with Crippen molar-refractivity contribution in [2.75, 3.05) is 18.4 Å². The number of carbonyl (C=O) groups excluding carboxylic acids is 1. The molecule has 0 spiro atoms. The highest BCUT2D eigenvalue weighted by Crippen LogP contribution is 2.21. The Labute approximate surface area is 148 Å². The third-order valence-electron chi connectivity index (χ3n) is 3.10. The standard InChI is InChI=1S/C16H14Cl3FN2O/c17-11-2-1-10(13(18)7-11)5-6-21-16(23)9-22-12-3-4-15(20)14(19)8-12/h1-4,7-8,22H,5-6,9H2,(H,21,23). The van der Waals surface area contributed by atoms with Gasteiger partial charge in [-0.05, 0) is 42.3 Å². The summed E-state index contributed by atoms with van der Waals surface area (Å²) in [5.74, 6) is -0.683. The van der Waals surface area contributed by atoms with Gasteiger partial charge in [0, 0.05) is 22.3 Å². The van der Waals surface area contributed by atoms with Crippen LogP contribution in [0, 0.1) is 5.82 Å². The summed E-state index contributed by atoms with van der Waals surface area (Å²) < 4.78 is 13.0. The molecule has 3 nitrogen and oxygen atoms in total. The molecule has 0 unspecified atom stereocenters. The zero-order valence-corrected chi connectivity index (χ0v) is 14.3. The predicted octanol–water partition coefficient (Wildman–Crippen LogP) is 4.56. The number of hydrogen-bond acceptors (Lipinski definition) is 2. The molecule has 0 radical (unpaired) electrons. The van der Waals surface area contributed by atoms with Crippen molar-refractivity contribution in [3.8, 4) is 0 Å². The van der Waals surface area contributed by atoms with Crippen LogP contribution in [0.25, 0.3) is 0 Å². The van der Waals surface area contributed by atoms with E-state index in [4.69, 9.17) is 34.8 Å². The van der Waals surface area contributed by atoms with Gasteiger partial charge in [-0.1, -0.05) is 40.9 Å². The van der Waals surface area contributed by atoms with E-state index in [0.717, 1.165) is 5.56 Å². The van der Waals surface area contributed by atoms with E-state index >= 15 is 0 Å². The maximum absolute atomic E-state index is 13.0. The minimum atomic E-state index is -0.499. The summed E-state index contributed by atoms with van der Waals surface area (Å²) in [6.45, 7) is 0.516. The van der Waals surface area contributed by atoms with E-state index in [1.165, 1.54) is 18.2 Å². The molecular formula is C16H14Cl3FN2O. The van der Waals surface area contributed by atoms with E-state index in [2.05, 4.69) is 10.6 Å². The van der Waals surface area contributed by atoms with Crippen LogP contribution in [0.2, 0.25) is 15.1 Å². The van der Waals surface area contributed by atoms with Gasteiger partial charge in [0.1, 0.15) is 5.82 Å². The molecule has 0 fully saturated rings. The highest BCUT2D eigenvalue weighted by Gasteiger charge is 2.05. The van der Waals surface area contributed by atoms with Crippen molar-refractivity contribution in [2.45, 2.75) is 6.42 Å². The summed E-state index contributed by atoms with van der Waals surface area (Å²) in [4.78, 5) is 11.8. The molecule has 0 bridgehead atoms. The zero-order valence-electron chi connectivity index (χ0n) is 12.0. The second-order valence-electron chi connectivity index (χ2n) is 4.82. The summed E-state index contributed by atoms with van der Waals surface area (Å²) >= 11 is 17.6. The Hall–Kier alpha value is -1.49. The number of hydrogen-bond donors (Lipinski definition) is 2. The molecule has 0 aliphatic rings. The minimum absolute atomic E-state index is 0.00721. The van der Waals surface area contributed by atoms with Gasteiger partial charge in [-0.15, -0.1) is 0 Å². The number of rotatable bonds is 6. The first-order chi connectivity index (χ1) is 11.0. The second kappa shape index (κ2) is 8.39. The molecule has 2 N–H and O–H groups in total. The van der Waals surface area contributed by atoms with Crippen LogP contribution < -0.4 is 10.6 Å². The minimum Gasteiger partial charge on any atom is -0.376 e. The Kier molecular flexibility index (Phi) is 6.51. The van der Waals surface area contributed by atoms with Crippen LogP contribution in [-0.4, -0.2) is 19.0 Å². The lowest BCUT2D eigenvalue weighted by Crippen LogP contribution is -2.31. The van der Waals surface area contributed by atoms with E-state index < -0.39 is 5.82 Å². The van der Waals surface area contributed by atoms with Gasteiger partial charge in [-0.2, -0.15) is 0 Å². The lowest BCUT2D eigenvalue weighted by molar-refractivity contribution is -0.119. The largest absolute Gasteiger partial charge is 0.376 e. The molecule has 122 valence electrons. The summed E-state index contributed by atoms with van der Waals surface area (Å²) in [5.41, 5.74) is 1.49. The number of amides is 1. The second-order valence-corrected chi connectivity index (χ2v) is 6.07. The van der Waals surface area contributed by atoms with Gasteiger partial charge in [-0.3, -0.25) is 4.79 Å². The Morgan fingerprint density at radius 3 is 2.52 bits per heavy atom. The lowest BCUT2D eigenvalue weighted by atomic mass is 10.1. The molecule has 7 heteroatoms. The molecule has 0 atom stereocenters. The van der Waals surface area contributed by atoms with Crippen LogP contribution >= 0.6 is 34.8 Å². The van der Waals surface area contributed by atoms with E-state index in [0.29, 0.717) is 28.7 Å². The molecule has 0 saturated carbocycles. The van der Waals surface area contributed by atoms with Gasteiger partial charge in [0.2, 0.25) is 5.91 Å². The molecule has 0 saturated heterocycles. The molecule has 0 aliphatic heterocycles. The quantitative estimate of drug-likeness (QED) is 0.777. The Bertz CT molecular complexity index is 710. The van der Waals surface area contributed by atoms with Gasteiger partial charge in [0.15, 0.2) is 0 Å². The highest BCUT2D eigenvalue weighted by molar-refractivity contribution is 6.35. The number of halogens is 4. The smallest absolute Gasteiger partial charge is 0.239 e. The van der Waals surface area contributed by atoms with Gasteiger partial charge >= 0.3 is 0 Å². The normalized spacial score (nSPS) is 10.4. The van der Waals surface area contributed by atoms with Crippen molar-refractivity contribution in [1.82, 2.24) is 5.32 Å². The molecule has 1 amide bonds.